The van der Waals surface area contributed by atoms with Crippen LogP contribution in [0.5, 0.6) is 0 Å². The number of Topliss-reactive ketones (excluding diaryl/α,β-unsaturated/α-hetero) is 1. The van der Waals surface area contributed by atoms with Gasteiger partial charge < -0.3 is 19.0 Å². The van der Waals surface area contributed by atoms with Gasteiger partial charge in [-0.3, -0.25) is 24.2 Å². The fourth-order valence-corrected chi connectivity index (χ4v) is 5.44. The molecule has 0 aromatic rings. The Balaban J connectivity index is 2.27. The van der Waals surface area contributed by atoms with Crippen LogP contribution < -0.4 is 0 Å². The number of carboxylic acid groups (broad SMARTS) is 1. The normalized spacial score (nSPS) is 23.8. The first-order valence-electron chi connectivity index (χ1n) is 11.6. The summed E-state index contributed by atoms with van der Waals surface area (Å²) in [7, 11) is -2.31. The molecule has 2 heterocycles. The van der Waals surface area contributed by atoms with E-state index in [4.69, 9.17) is 13.9 Å². The zero-order valence-corrected chi connectivity index (χ0v) is 22.2. The molecule has 196 valence electrons. The van der Waals surface area contributed by atoms with Crippen LogP contribution in [0.15, 0.2) is 12.7 Å². The molecule has 0 aromatic carbocycles. The minimum absolute atomic E-state index is 0.0283. The van der Waals surface area contributed by atoms with Gasteiger partial charge in [-0.25, -0.2) is 9.59 Å². The summed E-state index contributed by atoms with van der Waals surface area (Å²) in [4.78, 5) is 64.0. The molecule has 0 unspecified atom stereocenters. The molecule has 12 heteroatoms. The van der Waals surface area contributed by atoms with E-state index in [-0.39, 0.29) is 37.8 Å². The highest BCUT2D eigenvalue weighted by Crippen LogP contribution is 2.41. The summed E-state index contributed by atoms with van der Waals surface area (Å²) in [5.74, 6) is -5.22. The Hall–Kier alpha value is -2.57. The Labute approximate surface area is 206 Å². The summed E-state index contributed by atoms with van der Waals surface area (Å²) < 4.78 is 16.8. The van der Waals surface area contributed by atoms with Gasteiger partial charge in [-0.1, -0.05) is 33.4 Å². The van der Waals surface area contributed by atoms with Gasteiger partial charge in [0.05, 0.1) is 31.3 Å². The SMILES string of the molecule is C=CCOC(=O)N1CCOC[C@H]1C(=O)C[C@@H]1[C@@H]([C@@H](C)O[Si](C)(C)C(C)(C)C)C(=O)N1C(=O)C(=O)O. The quantitative estimate of drug-likeness (QED) is 0.223. The highest BCUT2D eigenvalue weighted by atomic mass is 28.4. The van der Waals surface area contributed by atoms with Gasteiger partial charge in [0.1, 0.15) is 12.6 Å². The fourth-order valence-electron chi connectivity index (χ4n) is 4.01. The number of carboxylic acids is 1. The number of imide groups is 1. The number of ether oxygens (including phenoxy) is 2. The number of likely N-dealkylation sites (tertiary alicyclic amines) is 1. The van der Waals surface area contributed by atoms with Crippen molar-refractivity contribution in [2.45, 2.75) is 70.4 Å². The molecule has 4 atom stereocenters. The van der Waals surface area contributed by atoms with Crippen molar-refractivity contribution < 1.29 is 43.0 Å². The molecule has 2 rings (SSSR count). The van der Waals surface area contributed by atoms with E-state index in [1.165, 1.54) is 11.0 Å². The van der Waals surface area contributed by atoms with Gasteiger partial charge in [-0.2, -0.15) is 0 Å². The minimum Gasteiger partial charge on any atom is -0.474 e. The zero-order chi connectivity index (χ0) is 26.7. The Kier molecular flexibility index (Phi) is 9.01. The molecule has 3 amide bonds. The number of β-lactam (4-membered cyclic amide) rings is 1. The Morgan fingerprint density at radius 2 is 1.91 bits per heavy atom. The van der Waals surface area contributed by atoms with Crippen molar-refractivity contribution in [3.8, 4) is 0 Å². The van der Waals surface area contributed by atoms with Crippen molar-refractivity contribution in [3.05, 3.63) is 12.7 Å². The van der Waals surface area contributed by atoms with Crippen molar-refractivity contribution in [1.29, 1.82) is 0 Å². The third kappa shape index (κ3) is 6.17. The van der Waals surface area contributed by atoms with Gasteiger partial charge in [-0.05, 0) is 25.1 Å². The monoisotopic (exact) mass is 512 g/mol. The average Bonchev–Trinajstić information content (AvgIpc) is 2.75. The van der Waals surface area contributed by atoms with Crippen LogP contribution in [0.25, 0.3) is 0 Å². The molecular weight excluding hydrogens is 476 g/mol. The summed E-state index contributed by atoms with van der Waals surface area (Å²) >= 11 is 0. The number of amides is 3. The molecule has 0 spiro atoms. The molecule has 0 aliphatic carbocycles. The summed E-state index contributed by atoms with van der Waals surface area (Å²) in [6.07, 6.45) is -0.282. The molecule has 11 nitrogen and oxygen atoms in total. The van der Waals surface area contributed by atoms with Crippen LogP contribution in [0.4, 0.5) is 4.79 Å². The van der Waals surface area contributed by atoms with E-state index in [0.717, 1.165) is 0 Å². The van der Waals surface area contributed by atoms with Gasteiger partial charge in [0.2, 0.25) is 5.91 Å². The summed E-state index contributed by atoms with van der Waals surface area (Å²) in [6, 6.07) is -2.00. The summed E-state index contributed by atoms with van der Waals surface area (Å²) in [6.45, 7) is 15.6. The third-order valence-corrected chi connectivity index (χ3v) is 11.5. The highest BCUT2D eigenvalue weighted by molar-refractivity contribution is 6.74. The van der Waals surface area contributed by atoms with Gasteiger partial charge in [0.15, 0.2) is 14.1 Å². The van der Waals surface area contributed by atoms with Gasteiger partial charge in [-0.15, -0.1) is 0 Å². The molecular formula is C23H36N2O9Si. The van der Waals surface area contributed by atoms with E-state index >= 15 is 0 Å². The first kappa shape index (κ1) is 28.7. The maximum atomic E-state index is 13.3. The number of carbonyl (C=O) groups is 5. The Morgan fingerprint density at radius 3 is 2.46 bits per heavy atom. The van der Waals surface area contributed by atoms with Crippen molar-refractivity contribution in [1.82, 2.24) is 9.80 Å². The lowest BCUT2D eigenvalue weighted by molar-refractivity contribution is -0.179. The molecule has 0 bridgehead atoms. The van der Waals surface area contributed by atoms with Crippen molar-refractivity contribution in [3.63, 3.8) is 0 Å². The zero-order valence-electron chi connectivity index (χ0n) is 21.2. The first-order valence-corrected chi connectivity index (χ1v) is 14.5. The van der Waals surface area contributed by atoms with Crippen LogP contribution >= 0.6 is 0 Å². The second-order valence-electron chi connectivity index (χ2n) is 10.3. The maximum Gasteiger partial charge on any atom is 0.410 e. The molecule has 2 fully saturated rings. The second kappa shape index (κ2) is 11.0. The highest BCUT2D eigenvalue weighted by Gasteiger charge is 2.57. The molecule has 0 radical (unpaired) electrons. The van der Waals surface area contributed by atoms with Crippen molar-refractivity contribution in [2.24, 2.45) is 5.92 Å². The van der Waals surface area contributed by atoms with Crippen LogP contribution in [-0.2, 0) is 33.1 Å². The topological polar surface area (TPSA) is 140 Å². The third-order valence-electron chi connectivity index (χ3n) is 6.93. The average molecular weight is 513 g/mol. The van der Waals surface area contributed by atoms with E-state index in [9.17, 15) is 29.1 Å². The molecule has 0 saturated carbocycles. The van der Waals surface area contributed by atoms with Gasteiger partial charge in [0.25, 0.3) is 0 Å². The summed E-state index contributed by atoms with van der Waals surface area (Å²) in [5.41, 5.74) is 0. The van der Waals surface area contributed by atoms with Crippen molar-refractivity contribution >= 4 is 38.0 Å². The fraction of sp³-hybridized carbons (Fsp3) is 0.696. The smallest absolute Gasteiger partial charge is 0.410 e. The largest absolute Gasteiger partial charge is 0.474 e. The lowest BCUT2D eigenvalue weighted by atomic mass is 9.79. The minimum atomic E-state index is -2.31. The molecule has 2 aliphatic rings. The van der Waals surface area contributed by atoms with E-state index in [0.29, 0.717) is 4.90 Å². The lowest BCUT2D eigenvalue weighted by Crippen LogP contribution is -2.69. The number of aliphatic carboxylic acids is 1. The van der Waals surface area contributed by atoms with Crippen LogP contribution in [0.1, 0.15) is 34.1 Å². The standard InChI is InChI=1S/C23H36N2O9Si/c1-8-10-33-22(31)24-9-11-32-13-16(24)17(26)12-15-18(19(27)25(15)20(28)21(29)30)14(2)34-35(6,7)23(3,4)5/h8,14-16,18H,1,9-13H2,2-7H3,(H,29,30)/t14-,15-,16+,18-/m1/s1. The van der Waals surface area contributed by atoms with Gasteiger partial charge in [0, 0.05) is 13.0 Å². The van der Waals surface area contributed by atoms with E-state index in [2.05, 4.69) is 6.58 Å². The predicted molar refractivity (Wildman–Crippen MR) is 127 cm³/mol. The summed E-state index contributed by atoms with van der Waals surface area (Å²) in [5, 5.41) is 9.05. The predicted octanol–water partition coefficient (Wildman–Crippen LogP) is 1.82. The number of rotatable bonds is 8. The number of morpholine rings is 1. The molecule has 2 saturated heterocycles. The number of ketones is 1. The Morgan fingerprint density at radius 1 is 1.29 bits per heavy atom. The van der Waals surface area contributed by atoms with Crippen LogP contribution in [-0.4, -0.2) is 97.4 Å². The van der Waals surface area contributed by atoms with Crippen LogP contribution in [0.3, 0.4) is 0 Å². The lowest BCUT2D eigenvalue weighted by Gasteiger charge is -2.50. The molecule has 0 aromatic heterocycles. The first-order chi connectivity index (χ1) is 16.1. The number of hydrogen-bond acceptors (Lipinski definition) is 8. The van der Waals surface area contributed by atoms with Crippen molar-refractivity contribution in [2.75, 3.05) is 26.4 Å². The molecule has 2 aliphatic heterocycles. The maximum absolute atomic E-state index is 13.3. The second-order valence-corrected chi connectivity index (χ2v) is 15.1. The van der Waals surface area contributed by atoms with Gasteiger partial charge >= 0.3 is 18.0 Å². The number of carbonyl (C=O) groups excluding carboxylic acids is 4. The molecule has 35 heavy (non-hydrogen) atoms. The molecule has 1 N–H and O–H groups in total. The van der Waals surface area contributed by atoms with Crippen LogP contribution in [0.2, 0.25) is 18.1 Å². The van der Waals surface area contributed by atoms with E-state index in [1.807, 2.05) is 33.9 Å². The van der Waals surface area contributed by atoms with E-state index < -0.39 is 62.1 Å². The Bertz CT molecular complexity index is 883. The number of nitrogens with zero attached hydrogens (tertiary/aromatic N) is 2. The van der Waals surface area contributed by atoms with Crippen LogP contribution in [0, 0.1) is 5.92 Å². The van der Waals surface area contributed by atoms with E-state index in [1.54, 1.807) is 6.92 Å². The number of hydrogen-bond donors (Lipinski definition) is 1.